The molecule has 1 heterocycles. The monoisotopic (exact) mass is 179 g/mol. The van der Waals surface area contributed by atoms with E-state index in [0.29, 0.717) is 0 Å². The number of anilines is 1. The lowest BCUT2D eigenvalue weighted by atomic mass is 10.3. The van der Waals surface area contributed by atoms with E-state index in [4.69, 9.17) is 0 Å². The van der Waals surface area contributed by atoms with Crippen molar-refractivity contribution in [1.29, 1.82) is 0 Å². The van der Waals surface area contributed by atoms with Gasteiger partial charge in [-0.25, -0.2) is 4.98 Å². The topological polar surface area (TPSA) is 29.0 Å². The molecule has 0 N–H and O–H groups in total. The SMILES string of the molecule is CCc1cnc(CC)c(N(C)C)n1. The van der Waals surface area contributed by atoms with Crippen LogP contribution in [0.25, 0.3) is 0 Å². The Morgan fingerprint density at radius 3 is 2.38 bits per heavy atom. The molecule has 0 saturated carbocycles. The Morgan fingerprint density at radius 1 is 1.23 bits per heavy atom. The standard InChI is InChI=1S/C10H17N3/c1-5-8-7-11-9(6-2)10(12-8)13(3)4/h7H,5-6H2,1-4H3. The van der Waals surface area contributed by atoms with Crippen LogP contribution in [0.1, 0.15) is 25.2 Å². The molecule has 0 spiro atoms. The summed E-state index contributed by atoms with van der Waals surface area (Å²) in [5, 5.41) is 0. The van der Waals surface area contributed by atoms with Gasteiger partial charge in [0.1, 0.15) is 5.82 Å². The van der Waals surface area contributed by atoms with Crippen LogP contribution in [-0.4, -0.2) is 24.1 Å². The third-order valence-electron chi connectivity index (χ3n) is 2.00. The van der Waals surface area contributed by atoms with Gasteiger partial charge in [-0.2, -0.15) is 0 Å². The van der Waals surface area contributed by atoms with Gasteiger partial charge in [-0.05, 0) is 12.8 Å². The fourth-order valence-electron chi connectivity index (χ4n) is 1.22. The summed E-state index contributed by atoms with van der Waals surface area (Å²) >= 11 is 0. The Balaban J connectivity index is 3.10. The molecular formula is C10H17N3. The molecule has 0 radical (unpaired) electrons. The van der Waals surface area contributed by atoms with Crippen molar-refractivity contribution in [2.45, 2.75) is 26.7 Å². The predicted molar refractivity (Wildman–Crippen MR) is 55.1 cm³/mol. The Labute approximate surface area is 79.8 Å². The first-order valence-corrected chi connectivity index (χ1v) is 4.71. The van der Waals surface area contributed by atoms with E-state index < -0.39 is 0 Å². The van der Waals surface area contributed by atoms with Crippen molar-refractivity contribution in [3.05, 3.63) is 17.6 Å². The summed E-state index contributed by atoms with van der Waals surface area (Å²) in [4.78, 5) is 10.9. The molecule has 0 aliphatic heterocycles. The molecule has 0 saturated heterocycles. The van der Waals surface area contributed by atoms with Crippen molar-refractivity contribution in [2.75, 3.05) is 19.0 Å². The fourth-order valence-corrected chi connectivity index (χ4v) is 1.22. The first kappa shape index (κ1) is 9.96. The average molecular weight is 179 g/mol. The lowest BCUT2D eigenvalue weighted by Gasteiger charge is -2.15. The Morgan fingerprint density at radius 2 is 1.92 bits per heavy atom. The summed E-state index contributed by atoms with van der Waals surface area (Å²) in [7, 11) is 4.01. The number of rotatable bonds is 3. The van der Waals surface area contributed by atoms with Crippen LogP contribution in [0.3, 0.4) is 0 Å². The van der Waals surface area contributed by atoms with Gasteiger partial charge in [-0.3, -0.25) is 4.98 Å². The molecule has 1 rings (SSSR count). The molecule has 3 nitrogen and oxygen atoms in total. The van der Waals surface area contributed by atoms with Crippen molar-refractivity contribution in [1.82, 2.24) is 9.97 Å². The van der Waals surface area contributed by atoms with Crippen LogP contribution >= 0.6 is 0 Å². The van der Waals surface area contributed by atoms with E-state index in [1.165, 1.54) is 0 Å². The molecule has 1 aromatic heterocycles. The largest absolute Gasteiger partial charge is 0.361 e. The van der Waals surface area contributed by atoms with Crippen LogP contribution < -0.4 is 4.90 Å². The van der Waals surface area contributed by atoms with Crippen molar-refractivity contribution < 1.29 is 0 Å². The summed E-state index contributed by atoms with van der Waals surface area (Å²) in [5.41, 5.74) is 2.13. The van der Waals surface area contributed by atoms with E-state index in [1.54, 1.807) is 0 Å². The molecule has 0 amide bonds. The highest BCUT2D eigenvalue weighted by molar-refractivity contribution is 5.42. The van der Waals surface area contributed by atoms with Crippen LogP contribution in [0.15, 0.2) is 6.20 Å². The number of aryl methyl sites for hydroxylation is 2. The summed E-state index contributed by atoms with van der Waals surface area (Å²) in [5.74, 6) is 1.00. The molecule has 0 aliphatic carbocycles. The molecular weight excluding hydrogens is 162 g/mol. The Kier molecular flexibility index (Phi) is 3.23. The maximum absolute atomic E-state index is 4.52. The van der Waals surface area contributed by atoms with Gasteiger partial charge in [0.2, 0.25) is 0 Å². The summed E-state index contributed by atoms with van der Waals surface area (Å²) in [6, 6.07) is 0. The van der Waals surface area contributed by atoms with Crippen molar-refractivity contribution in [3.63, 3.8) is 0 Å². The minimum Gasteiger partial charge on any atom is -0.361 e. The van der Waals surface area contributed by atoms with E-state index in [0.717, 1.165) is 30.0 Å². The third kappa shape index (κ3) is 2.17. The minimum absolute atomic E-state index is 0.935. The van der Waals surface area contributed by atoms with E-state index in [-0.39, 0.29) is 0 Å². The predicted octanol–water partition coefficient (Wildman–Crippen LogP) is 1.67. The molecule has 0 atom stereocenters. The number of nitrogens with zero attached hydrogens (tertiary/aromatic N) is 3. The zero-order valence-electron chi connectivity index (χ0n) is 8.83. The third-order valence-corrected chi connectivity index (χ3v) is 2.00. The highest BCUT2D eigenvalue weighted by atomic mass is 15.1. The van der Waals surface area contributed by atoms with Crippen LogP contribution in [0.5, 0.6) is 0 Å². The molecule has 72 valence electrons. The molecule has 0 aromatic carbocycles. The molecule has 3 heteroatoms. The van der Waals surface area contributed by atoms with Crippen LogP contribution in [0.2, 0.25) is 0 Å². The highest BCUT2D eigenvalue weighted by Crippen LogP contribution is 2.13. The number of hydrogen-bond acceptors (Lipinski definition) is 3. The summed E-state index contributed by atoms with van der Waals surface area (Å²) in [6.45, 7) is 4.19. The molecule has 0 bridgehead atoms. The van der Waals surface area contributed by atoms with Gasteiger partial charge in [0.25, 0.3) is 0 Å². The molecule has 1 aromatic rings. The quantitative estimate of drug-likeness (QED) is 0.706. The average Bonchev–Trinajstić information content (AvgIpc) is 2.16. The molecule has 0 unspecified atom stereocenters. The highest BCUT2D eigenvalue weighted by Gasteiger charge is 2.06. The fraction of sp³-hybridized carbons (Fsp3) is 0.600. The van der Waals surface area contributed by atoms with E-state index in [2.05, 4.69) is 23.8 Å². The second kappa shape index (κ2) is 4.21. The second-order valence-electron chi connectivity index (χ2n) is 3.23. The van der Waals surface area contributed by atoms with E-state index >= 15 is 0 Å². The first-order valence-electron chi connectivity index (χ1n) is 4.71. The van der Waals surface area contributed by atoms with Crippen molar-refractivity contribution in [3.8, 4) is 0 Å². The van der Waals surface area contributed by atoms with Crippen molar-refractivity contribution in [2.24, 2.45) is 0 Å². The lowest BCUT2D eigenvalue weighted by molar-refractivity contribution is 0.901. The van der Waals surface area contributed by atoms with Crippen molar-refractivity contribution >= 4 is 5.82 Å². The van der Waals surface area contributed by atoms with Gasteiger partial charge in [0.05, 0.1) is 11.4 Å². The lowest BCUT2D eigenvalue weighted by Crippen LogP contribution is -2.15. The smallest absolute Gasteiger partial charge is 0.150 e. The zero-order chi connectivity index (χ0) is 9.84. The number of aromatic nitrogens is 2. The minimum atomic E-state index is 0.935. The van der Waals surface area contributed by atoms with Crippen LogP contribution in [0, 0.1) is 0 Å². The van der Waals surface area contributed by atoms with Gasteiger partial charge in [0.15, 0.2) is 0 Å². The first-order chi connectivity index (χ1) is 6.19. The molecule has 0 fully saturated rings. The molecule has 0 aliphatic rings. The van der Waals surface area contributed by atoms with Gasteiger partial charge < -0.3 is 4.90 Å². The second-order valence-corrected chi connectivity index (χ2v) is 3.23. The normalized spacial score (nSPS) is 10.2. The maximum atomic E-state index is 4.52. The van der Waals surface area contributed by atoms with E-state index in [9.17, 15) is 0 Å². The van der Waals surface area contributed by atoms with Crippen LogP contribution in [0.4, 0.5) is 5.82 Å². The Hall–Kier alpha value is -1.12. The van der Waals surface area contributed by atoms with Gasteiger partial charge in [-0.15, -0.1) is 0 Å². The van der Waals surface area contributed by atoms with Gasteiger partial charge in [-0.1, -0.05) is 13.8 Å². The summed E-state index contributed by atoms with van der Waals surface area (Å²) in [6.07, 6.45) is 3.74. The summed E-state index contributed by atoms with van der Waals surface area (Å²) < 4.78 is 0. The number of hydrogen-bond donors (Lipinski definition) is 0. The molecule has 13 heavy (non-hydrogen) atoms. The van der Waals surface area contributed by atoms with E-state index in [1.807, 2.05) is 25.2 Å². The van der Waals surface area contributed by atoms with Gasteiger partial charge in [0, 0.05) is 20.3 Å². The maximum Gasteiger partial charge on any atom is 0.150 e. The van der Waals surface area contributed by atoms with Gasteiger partial charge >= 0.3 is 0 Å². The zero-order valence-corrected chi connectivity index (χ0v) is 8.83. The van der Waals surface area contributed by atoms with Crippen LogP contribution in [-0.2, 0) is 12.8 Å². The Bertz CT molecular complexity index is 281.